The van der Waals surface area contributed by atoms with E-state index >= 15 is 0 Å². The molecule has 0 radical (unpaired) electrons. The number of amides is 6. The third-order valence-corrected chi connectivity index (χ3v) is 12.7. The number of unbranched alkanes of at least 4 members (excludes halogenated alkanes) is 1. The van der Waals surface area contributed by atoms with Crippen LogP contribution in [0.3, 0.4) is 0 Å². The third kappa shape index (κ3) is 22.4. The van der Waals surface area contributed by atoms with Gasteiger partial charge in [0, 0.05) is 29.2 Å². The van der Waals surface area contributed by atoms with Crippen molar-refractivity contribution in [1.82, 2.24) is 51.8 Å². The van der Waals surface area contributed by atoms with Crippen molar-refractivity contribution in [3.63, 3.8) is 0 Å². The molecule has 32 nitrogen and oxygen atoms in total. The van der Waals surface area contributed by atoms with Crippen molar-refractivity contribution in [1.29, 1.82) is 0 Å². The Hall–Kier alpha value is -8.66. The second kappa shape index (κ2) is 31.9. The van der Waals surface area contributed by atoms with E-state index in [2.05, 4.69) is 45.9 Å². The number of aromatic amines is 1. The van der Waals surface area contributed by atoms with Gasteiger partial charge >= 0.3 is 29.8 Å². The van der Waals surface area contributed by atoms with Crippen LogP contribution in [0.4, 0.5) is 11.6 Å². The van der Waals surface area contributed by atoms with Gasteiger partial charge in [-0.05, 0) is 56.5 Å². The molecule has 77 heavy (non-hydrogen) atoms. The number of nitrogen functional groups attached to an aromatic ring is 1. The zero-order chi connectivity index (χ0) is 57.2. The van der Waals surface area contributed by atoms with E-state index in [1.54, 1.807) is 0 Å². The van der Waals surface area contributed by atoms with E-state index in [1.807, 2.05) is 16.0 Å². The Balaban J connectivity index is 1.68. The van der Waals surface area contributed by atoms with Gasteiger partial charge in [0.2, 0.25) is 35.5 Å². The van der Waals surface area contributed by atoms with Gasteiger partial charge in [0.15, 0.2) is 11.2 Å². The molecule has 0 aliphatic heterocycles. The maximum atomic E-state index is 13.6. The Bertz CT molecular complexity index is 2700. The van der Waals surface area contributed by atoms with E-state index < -0.39 is 139 Å². The fraction of sp³-hybridized carbons (Fsp3) is 0.442. The molecule has 0 aliphatic carbocycles. The molecule has 0 spiro atoms. The first-order valence-corrected chi connectivity index (χ1v) is 25.3. The second-order valence-corrected chi connectivity index (χ2v) is 18.8. The second-order valence-electron chi connectivity index (χ2n) is 16.2. The molecule has 6 atom stereocenters. The predicted molar refractivity (Wildman–Crippen MR) is 268 cm³/mol. The van der Waals surface area contributed by atoms with Gasteiger partial charge in [0.25, 0.3) is 17.9 Å². The van der Waals surface area contributed by atoms with Gasteiger partial charge in [0.05, 0.1) is 37.7 Å². The molecule has 0 saturated heterocycles. The molecule has 0 aliphatic rings. The molecule has 17 N–H and O–H groups in total. The smallest absolute Gasteiger partial charge is 0.326 e. The van der Waals surface area contributed by atoms with Gasteiger partial charge in [-0.3, -0.25) is 57.7 Å². The van der Waals surface area contributed by atoms with Crippen molar-refractivity contribution in [3.8, 4) is 0 Å². The zero-order valence-corrected chi connectivity index (χ0v) is 42.0. The number of carbonyl (C=O) groups is 12. The Morgan fingerprint density at radius 1 is 0.675 bits per heavy atom. The first-order valence-electron chi connectivity index (χ1n) is 22.8. The zero-order valence-electron chi connectivity index (χ0n) is 40.4. The summed E-state index contributed by atoms with van der Waals surface area (Å²) in [7, 11) is 2.02. The number of nitrogens with zero attached hydrogens (tertiary/aromatic N) is 3. The number of carboxylic acid groups (broad SMARTS) is 5. The first kappa shape index (κ1) is 62.6. The van der Waals surface area contributed by atoms with Gasteiger partial charge in [-0.1, -0.05) is 21.6 Å². The number of aliphatic carboxylic acids is 5. The van der Waals surface area contributed by atoms with Crippen molar-refractivity contribution >= 4 is 116 Å². The van der Waals surface area contributed by atoms with Crippen LogP contribution in [-0.2, 0) is 64.0 Å². The average molecular weight is 1120 g/mol. The van der Waals surface area contributed by atoms with Crippen LogP contribution in [0.1, 0.15) is 67.4 Å². The van der Waals surface area contributed by atoms with E-state index in [1.165, 1.54) is 30.5 Å². The molecule has 2 heterocycles. The minimum atomic E-state index is -2.19. The van der Waals surface area contributed by atoms with Crippen LogP contribution in [0.2, 0.25) is 0 Å². The molecule has 6 amide bonds. The third-order valence-electron chi connectivity index (χ3n) is 10.3. The molecule has 0 bridgehead atoms. The normalized spacial score (nSPS) is 13.2. The van der Waals surface area contributed by atoms with Crippen LogP contribution < -0.4 is 54.2 Å². The number of hydrogen-bond donors (Lipinski definition) is 15. The molecule has 3 rings (SSSR count). The number of anilines is 2. The molecule has 1 aromatic carbocycles. The lowest BCUT2D eigenvalue weighted by atomic mass is 10.1. The van der Waals surface area contributed by atoms with E-state index in [0.717, 1.165) is 21.6 Å². The maximum Gasteiger partial charge on any atom is 0.326 e. The predicted octanol–water partition coefficient (Wildman–Crippen LogP) is -3.51. The number of hydrogen-bond acceptors (Lipinski definition) is 22. The number of carboxylic acids is 5. The van der Waals surface area contributed by atoms with E-state index in [-0.39, 0.29) is 66.8 Å². The molecule has 34 heteroatoms. The number of ether oxygens (including phenoxy) is 1. The van der Waals surface area contributed by atoms with Gasteiger partial charge in [-0.25, -0.2) is 19.6 Å². The van der Waals surface area contributed by atoms with Crippen molar-refractivity contribution in [2.45, 2.75) is 94.2 Å². The Morgan fingerprint density at radius 3 is 1.75 bits per heavy atom. The summed E-state index contributed by atoms with van der Waals surface area (Å²) in [5.41, 5.74) is 11.2. The SMILES string of the molecule is NCCCC[C@H](NC(=O)[C@H](CSSCCOC=O)NC(=O)[C@H](CC(=O)O)NC(=O)[C@H](CC(=O)O)NC(=O)[C@H](CC(=O)O)NC(=O)CC[C@H](NC(=O)c1ccc(NCc2cnc3nc(N)[nH]c(=O)c3n2)cc1)C(=O)O)C(=O)O. The number of aromatic nitrogens is 4. The van der Waals surface area contributed by atoms with Gasteiger partial charge in [-0.2, -0.15) is 4.98 Å². The fourth-order valence-electron chi connectivity index (χ4n) is 6.51. The minimum absolute atomic E-state index is 0.0169. The Morgan fingerprint density at radius 2 is 1.21 bits per heavy atom. The number of fused-ring (bicyclic) bond motifs is 1. The maximum absolute atomic E-state index is 13.6. The highest BCUT2D eigenvalue weighted by Gasteiger charge is 2.35. The van der Waals surface area contributed by atoms with Crippen molar-refractivity contribution in [2.24, 2.45) is 5.73 Å². The number of carbonyl (C=O) groups excluding carboxylic acids is 7. The lowest BCUT2D eigenvalue weighted by Gasteiger charge is -2.26. The van der Waals surface area contributed by atoms with Crippen molar-refractivity contribution in [3.05, 3.63) is 52.1 Å². The van der Waals surface area contributed by atoms with Crippen LogP contribution in [0.15, 0.2) is 35.3 Å². The van der Waals surface area contributed by atoms with Crippen LogP contribution in [0.5, 0.6) is 0 Å². The summed E-state index contributed by atoms with van der Waals surface area (Å²) >= 11 is 0. The molecule has 418 valence electrons. The summed E-state index contributed by atoms with van der Waals surface area (Å²) < 4.78 is 4.59. The topological polar surface area (TPSA) is 523 Å². The lowest BCUT2D eigenvalue weighted by molar-refractivity contribution is -0.144. The van der Waals surface area contributed by atoms with Crippen LogP contribution >= 0.6 is 21.6 Å². The molecule has 3 aromatic rings. The highest BCUT2D eigenvalue weighted by molar-refractivity contribution is 8.76. The van der Waals surface area contributed by atoms with E-state index in [0.29, 0.717) is 24.2 Å². The fourth-order valence-corrected chi connectivity index (χ4v) is 8.51. The summed E-state index contributed by atoms with van der Waals surface area (Å²) in [6.45, 7) is 0.459. The van der Waals surface area contributed by atoms with E-state index in [9.17, 15) is 87.9 Å². The van der Waals surface area contributed by atoms with Crippen LogP contribution in [0.25, 0.3) is 11.2 Å². The standard InChI is InChI=1S/C43H55N13O19S2/c44-10-2-1-3-23(41(71)72)51-39(69)28(18-77-76-12-11-75-19-57)54-38(68)27(15-32(63)64)53-37(67)26(14-31(61)62)52-36(66)25(13-30(59)60)49-29(58)9-8-24(42(73)74)50-35(65)20-4-6-21(7-5-20)46-16-22-17-47-34-33(48-22)40(70)56-43(45)55-34/h4-7,17,19,23-28,46H,1-3,8-16,18,44H2,(H,49,58)(H,50,65)(H,51,69)(H,52,66)(H,53,67)(H,54,68)(H,59,60)(H,61,62)(H,63,64)(H,71,72)(H,73,74)(H3,45,47,55,56,70)/t23-,24-,25-,26-,27-,28-/m0/s1. The van der Waals surface area contributed by atoms with Gasteiger partial charge in [0.1, 0.15) is 42.9 Å². The molecular weight excluding hydrogens is 1070 g/mol. The molecular formula is C43H55N13O19S2. The first-order chi connectivity index (χ1) is 36.5. The minimum Gasteiger partial charge on any atom is -0.481 e. The van der Waals surface area contributed by atoms with Gasteiger partial charge in [-0.15, -0.1) is 0 Å². The summed E-state index contributed by atoms with van der Waals surface area (Å²) in [6, 6.07) is -5.52. The summed E-state index contributed by atoms with van der Waals surface area (Å²) in [5, 5.41) is 64.0. The van der Waals surface area contributed by atoms with E-state index in [4.69, 9.17) is 11.5 Å². The average Bonchev–Trinajstić information content (AvgIpc) is 3.36. The summed E-state index contributed by atoms with van der Waals surface area (Å²) in [6.07, 6.45) is -3.02. The molecule has 0 fully saturated rings. The lowest BCUT2D eigenvalue weighted by Crippen LogP contribution is -2.60. The largest absolute Gasteiger partial charge is 0.481 e. The quantitative estimate of drug-likeness (QED) is 0.0152. The number of rotatable bonds is 36. The monoisotopic (exact) mass is 1120 g/mol. The number of H-pyrrole nitrogens is 1. The molecule has 0 saturated carbocycles. The number of benzene rings is 1. The van der Waals surface area contributed by atoms with Gasteiger partial charge < -0.3 is 79.0 Å². The Labute approximate surface area is 442 Å². The van der Waals surface area contributed by atoms with Crippen molar-refractivity contribution in [2.75, 3.05) is 35.7 Å². The number of nitrogens with one attached hydrogen (secondary N) is 8. The van der Waals surface area contributed by atoms with Crippen LogP contribution in [-0.4, -0.2) is 178 Å². The Kier molecular flexibility index (Phi) is 26.0. The molecule has 0 unspecified atom stereocenters. The van der Waals surface area contributed by atoms with Crippen LogP contribution in [0, 0.1) is 0 Å². The van der Waals surface area contributed by atoms with Crippen molar-refractivity contribution < 1.29 is 87.8 Å². The summed E-state index contributed by atoms with van der Waals surface area (Å²) in [4.78, 5) is 177. The highest BCUT2D eigenvalue weighted by Crippen LogP contribution is 2.22. The number of nitrogens with two attached hydrogens (primary N) is 2. The highest BCUT2D eigenvalue weighted by atomic mass is 33.1. The summed E-state index contributed by atoms with van der Waals surface area (Å²) in [5.74, 6) is -15.8. The molecule has 2 aromatic heterocycles.